The summed E-state index contributed by atoms with van der Waals surface area (Å²) >= 11 is 0. The molecule has 0 radical (unpaired) electrons. The Morgan fingerprint density at radius 3 is 2.48 bits per heavy atom. The molecule has 154 valence electrons. The summed E-state index contributed by atoms with van der Waals surface area (Å²) in [6, 6.07) is 17.6. The highest BCUT2D eigenvalue weighted by Gasteiger charge is 2.54. The minimum Gasteiger partial charge on any atom is -0.348 e. The number of carbonyl (C=O) groups excluding carboxylic acids is 1. The van der Waals surface area contributed by atoms with E-state index in [1.54, 1.807) is 6.20 Å². The predicted octanol–water partition coefficient (Wildman–Crippen LogP) is 3.93. The summed E-state index contributed by atoms with van der Waals surface area (Å²) in [4.78, 5) is 29.0. The molecule has 2 saturated carbocycles. The first-order valence-corrected chi connectivity index (χ1v) is 10.7. The zero-order valence-corrected chi connectivity index (χ0v) is 17.0. The summed E-state index contributed by atoms with van der Waals surface area (Å²) in [6.07, 6.45) is 5.84. The Hall–Kier alpha value is -3.54. The second-order valence-corrected chi connectivity index (χ2v) is 9.08. The van der Waals surface area contributed by atoms with Gasteiger partial charge >= 0.3 is 0 Å². The van der Waals surface area contributed by atoms with E-state index in [9.17, 15) is 9.59 Å². The van der Waals surface area contributed by atoms with Crippen molar-refractivity contribution in [1.82, 2.24) is 20.5 Å². The first-order chi connectivity index (χ1) is 15.1. The zero-order valence-electron chi connectivity index (χ0n) is 17.0. The van der Waals surface area contributed by atoms with Crippen molar-refractivity contribution in [2.24, 2.45) is 5.41 Å². The molecule has 2 fully saturated rings. The van der Waals surface area contributed by atoms with Gasteiger partial charge in [0.25, 0.3) is 11.5 Å². The Morgan fingerprint density at radius 2 is 1.68 bits per heavy atom. The summed E-state index contributed by atoms with van der Waals surface area (Å²) in [6.45, 7) is 0. The van der Waals surface area contributed by atoms with E-state index in [2.05, 4.69) is 20.5 Å². The van der Waals surface area contributed by atoms with E-state index in [0.717, 1.165) is 47.5 Å². The van der Waals surface area contributed by atoms with Crippen LogP contribution in [-0.2, 0) is 0 Å². The van der Waals surface area contributed by atoms with Crippen molar-refractivity contribution in [3.63, 3.8) is 0 Å². The number of nitrogens with one attached hydrogen (secondary N) is 2. The molecule has 2 aliphatic carbocycles. The number of carbonyl (C=O) groups is 1. The number of fused-ring (bicyclic) bond motifs is 2. The lowest BCUT2D eigenvalue weighted by molar-refractivity contribution is -0.0197. The fourth-order valence-corrected chi connectivity index (χ4v) is 5.51. The summed E-state index contributed by atoms with van der Waals surface area (Å²) in [7, 11) is 0. The maximum Gasteiger partial charge on any atom is 0.272 e. The van der Waals surface area contributed by atoms with Crippen LogP contribution >= 0.6 is 0 Å². The van der Waals surface area contributed by atoms with Gasteiger partial charge in [-0.15, -0.1) is 0 Å². The molecule has 4 aromatic rings. The molecule has 0 bridgehead atoms. The lowest BCUT2D eigenvalue weighted by Gasteiger charge is -2.57. The highest BCUT2D eigenvalue weighted by atomic mass is 16.2. The number of aromatic nitrogens is 3. The number of H-pyrrole nitrogens is 1. The van der Waals surface area contributed by atoms with Crippen LogP contribution in [0.3, 0.4) is 0 Å². The molecule has 0 unspecified atom stereocenters. The number of hydrogen-bond donors (Lipinski definition) is 2. The smallest absolute Gasteiger partial charge is 0.272 e. The third kappa shape index (κ3) is 3.02. The van der Waals surface area contributed by atoms with E-state index in [4.69, 9.17) is 0 Å². The normalized spacial score (nSPS) is 24.6. The number of pyridine rings is 1. The summed E-state index contributed by atoms with van der Waals surface area (Å²) in [5, 5.41) is 13.9. The number of hydrogen-bond acceptors (Lipinski definition) is 4. The van der Waals surface area contributed by atoms with Crippen LogP contribution < -0.4 is 10.9 Å². The van der Waals surface area contributed by atoms with Crippen molar-refractivity contribution in [2.45, 2.75) is 37.6 Å². The number of amides is 1. The Kier molecular flexibility index (Phi) is 3.96. The molecule has 2 aliphatic rings. The molecular weight excluding hydrogens is 388 g/mol. The number of nitrogens with zero attached hydrogens (tertiary/aromatic N) is 2. The topological polar surface area (TPSA) is 87.7 Å². The van der Waals surface area contributed by atoms with Crippen molar-refractivity contribution in [3.8, 4) is 0 Å². The Labute approximate surface area is 178 Å². The molecular formula is C25H22N4O2. The van der Waals surface area contributed by atoms with Crippen LogP contribution in [0, 0.1) is 5.41 Å². The molecule has 2 aromatic carbocycles. The SMILES string of the molecule is O=C(NC1CC2(C1)CC(c1n[nH]c(=O)c3ccccc13)C2)c1cc2ccccc2cn1. The number of aromatic amines is 1. The van der Waals surface area contributed by atoms with E-state index >= 15 is 0 Å². The molecule has 31 heavy (non-hydrogen) atoms. The molecule has 0 aliphatic heterocycles. The highest BCUT2D eigenvalue weighted by Crippen LogP contribution is 2.62. The standard InChI is InChI=1S/C25H22N4O2/c30-23-20-8-4-3-7-19(20)22(28-29-23)17-10-25(11-17)12-18(13-25)27-24(31)21-9-15-5-1-2-6-16(15)14-26-21/h1-9,14,17-18H,10-13H2,(H,27,31)(H,29,30). The predicted molar refractivity (Wildman–Crippen MR) is 119 cm³/mol. The van der Waals surface area contributed by atoms with Gasteiger partial charge in [-0.05, 0) is 48.6 Å². The largest absolute Gasteiger partial charge is 0.348 e. The first kappa shape index (κ1) is 18.2. The van der Waals surface area contributed by atoms with Crippen LogP contribution in [0.15, 0.2) is 65.6 Å². The van der Waals surface area contributed by atoms with Gasteiger partial charge in [-0.1, -0.05) is 42.5 Å². The van der Waals surface area contributed by atoms with Crippen molar-refractivity contribution in [2.75, 3.05) is 0 Å². The quantitative estimate of drug-likeness (QED) is 0.536. The van der Waals surface area contributed by atoms with Gasteiger partial charge in [0.1, 0.15) is 5.69 Å². The van der Waals surface area contributed by atoms with Gasteiger partial charge < -0.3 is 5.32 Å². The molecule has 0 atom stereocenters. The third-order valence-electron chi connectivity index (χ3n) is 7.03. The average Bonchev–Trinajstić information content (AvgIpc) is 2.75. The third-order valence-corrected chi connectivity index (χ3v) is 7.03. The highest BCUT2D eigenvalue weighted by molar-refractivity contribution is 5.96. The molecule has 6 heteroatoms. The van der Waals surface area contributed by atoms with E-state index < -0.39 is 0 Å². The second-order valence-electron chi connectivity index (χ2n) is 9.08. The molecule has 2 aromatic heterocycles. The second kappa shape index (κ2) is 6.74. The minimum absolute atomic E-state index is 0.102. The van der Waals surface area contributed by atoms with Gasteiger partial charge in [0.15, 0.2) is 0 Å². The molecule has 1 amide bonds. The fraction of sp³-hybridized carbons (Fsp3) is 0.280. The number of rotatable bonds is 3. The molecule has 1 spiro atoms. The van der Waals surface area contributed by atoms with Gasteiger partial charge in [0.05, 0.1) is 11.1 Å². The van der Waals surface area contributed by atoms with Crippen molar-refractivity contribution < 1.29 is 4.79 Å². The molecule has 2 heterocycles. The van der Waals surface area contributed by atoms with Crippen molar-refractivity contribution in [1.29, 1.82) is 0 Å². The van der Waals surface area contributed by atoms with E-state index in [0.29, 0.717) is 22.4 Å². The van der Waals surface area contributed by atoms with Crippen LogP contribution in [0.25, 0.3) is 21.5 Å². The lowest BCUT2D eigenvalue weighted by atomic mass is 9.49. The molecule has 6 nitrogen and oxygen atoms in total. The first-order valence-electron chi connectivity index (χ1n) is 10.7. The van der Waals surface area contributed by atoms with Gasteiger partial charge in [-0.25, -0.2) is 5.10 Å². The van der Waals surface area contributed by atoms with Crippen molar-refractivity contribution >= 4 is 27.5 Å². The van der Waals surface area contributed by atoms with Crippen LogP contribution in [0.1, 0.15) is 47.8 Å². The van der Waals surface area contributed by atoms with Crippen LogP contribution in [0.4, 0.5) is 0 Å². The van der Waals surface area contributed by atoms with Crippen LogP contribution in [0.5, 0.6) is 0 Å². The Bertz CT molecular complexity index is 1380. The maximum atomic E-state index is 12.7. The zero-order chi connectivity index (χ0) is 21.0. The van der Waals surface area contributed by atoms with Gasteiger partial charge in [0, 0.05) is 28.9 Å². The van der Waals surface area contributed by atoms with E-state index in [-0.39, 0.29) is 17.5 Å². The lowest BCUT2D eigenvalue weighted by Crippen LogP contribution is -2.55. The van der Waals surface area contributed by atoms with Crippen molar-refractivity contribution in [3.05, 3.63) is 82.5 Å². The fourth-order valence-electron chi connectivity index (χ4n) is 5.51. The molecule has 2 N–H and O–H groups in total. The van der Waals surface area contributed by atoms with E-state index in [1.807, 2.05) is 54.6 Å². The van der Waals surface area contributed by atoms with Gasteiger partial charge in [-0.3, -0.25) is 14.6 Å². The Balaban J connectivity index is 1.10. The van der Waals surface area contributed by atoms with Gasteiger partial charge in [-0.2, -0.15) is 5.10 Å². The minimum atomic E-state index is -0.137. The Morgan fingerprint density at radius 1 is 0.968 bits per heavy atom. The van der Waals surface area contributed by atoms with Crippen LogP contribution in [0.2, 0.25) is 0 Å². The summed E-state index contributed by atoms with van der Waals surface area (Å²) in [5.74, 6) is 0.260. The van der Waals surface area contributed by atoms with Crippen LogP contribution in [-0.4, -0.2) is 27.1 Å². The number of benzene rings is 2. The average molecular weight is 410 g/mol. The monoisotopic (exact) mass is 410 g/mol. The van der Waals surface area contributed by atoms with E-state index in [1.165, 1.54) is 0 Å². The maximum absolute atomic E-state index is 12.7. The molecule has 6 rings (SSSR count). The summed E-state index contributed by atoms with van der Waals surface area (Å²) in [5.41, 5.74) is 1.61. The molecule has 0 saturated heterocycles. The summed E-state index contributed by atoms with van der Waals surface area (Å²) < 4.78 is 0. The van der Waals surface area contributed by atoms with Gasteiger partial charge in [0.2, 0.25) is 0 Å².